The number of aliphatic carboxylic acids is 1. The van der Waals surface area contributed by atoms with Crippen molar-refractivity contribution in [2.45, 2.75) is 25.9 Å². The lowest BCUT2D eigenvalue weighted by Gasteiger charge is -2.21. The van der Waals surface area contributed by atoms with Crippen molar-refractivity contribution in [1.82, 2.24) is 10.6 Å². The fourth-order valence-electron chi connectivity index (χ4n) is 1.45. The fraction of sp³-hybridized carbons (Fsp3) is 0.385. The highest BCUT2D eigenvalue weighted by molar-refractivity contribution is 6.31. The van der Waals surface area contributed by atoms with Crippen molar-refractivity contribution in [1.29, 1.82) is 0 Å². The van der Waals surface area contributed by atoms with Gasteiger partial charge >= 0.3 is 12.0 Å². The maximum atomic E-state index is 11.7. The lowest BCUT2D eigenvalue weighted by Crippen LogP contribution is -2.53. The van der Waals surface area contributed by atoms with Crippen LogP contribution < -0.4 is 15.4 Å². The van der Waals surface area contributed by atoms with Gasteiger partial charge in [-0.1, -0.05) is 17.7 Å². The molecule has 20 heavy (non-hydrogen) atoms. The quantitative estimate of drug-likeness (QED) is 0.776. The van der Waals surface area contributed by atoms with E-state index in [0.717, 1.165) is 0 Å². The average molecular weight is 301 g/mol. The number of hydrogen-bond donors (Lipinski definition) is 3. The SMILES string of the molecule is COc1cccc(Cl)c1CNC(=O)NC(C)(C)C(=O)O. The lowest BCUT2D eigenvalue weighted by molar-refractivity contribution is -0.142. The summed E-state index contributed by atoms with van der Waals surface area (Å²) in [5.74, 6) is -0.571. The summed E-state index contributed by atoms with van der Waals surface area (Å²) in [7, 11) is 1.50. The smallest absolute Gasteiger partial charge is 0.328 e. The summed E-state index contributed by atoms with van der Waals surface area (Å²) in [5.41, 5.74) is -0.728. The van der Waals surface area contributed by atoms with Crippen molar-refractivity contribution < 1.29 is 19.4 Å². The summed E-state index contributed by atoms with van der Waals surface area (Å²) in [6, 6.07) is 4.54. The van der Waals surface area contributed by atoms with E-state index in [-0.39, 0.29) is 6.54 Å². The number of carboxylic acid groups (broad SMARTS) is 1. The maximum absolute atomic E-state index is 11.7. The molecule has 0 unspecified atom stereocenters. The van der Waals surface area contributed by atoms with Crippen molar-refractivity contribution >= 4 is 23.6 Å². The molecule has 2 amide bonds. The van der Waals surface area contributed by atoms with Crippen molar-refractivity contribution in [3.63, 3.8) is 0 Å². The zero-order valence-corrected chi connectivity index (χ0v) is 12.2. The number of ether oxygens (including phenoxy) is 1. The minimum absolute atomic E-state index is 0.129. The third kappa shape index (κ3) is 4.03. The number of halogens is 1. The number of carbonyl (C=O) groups is 2. The Hall–Kier alpha value is -1.95. The van der Waals surface area contributed by atoms with E-state index in [0.29, 0.717) is 16.3 Å². The molecule has 0 bridgehead atoms. The Morgan fingerprint density at radius 3 is 2.60 bits per heavy atom. The van der Waals surface area contributed by atoms with Crippen LogP contribution in [0.3, 0.4) is 0 Å². The molecule has 0 aliphatic carbocycles. The molecule has 0 saturated heterocycles. The van der Waals surface area contributed by atoms with Crippen LogP contribution in [0.2, 0.25) is 5.02 Å². The summed E-state index contributed by atoms with van der Waals surface area (Å²) in [4.78, 5) is 22.6. The molecule has 1 rings (SSSR count). The summed E-state index contributed by atoms with van der Waals surface area (Å²) in [5, 5.41) is 14.3. The van der Waals surface area contributed by atoms with Crippen LogP contribution in [0.25, 0.3) is 0 Å². The highest BCUT2D eigenvalue weighted by Gasteiger charge is 2.28. The van der Waals surface area contributed by atoms with Gasteiger partial charge in [0.25, 0.3) is 0 Å². The van der Waals surface area contributed by atoms with Crippen LogP contribution in [0.4, 0.5) is 4.79 Å². The molecule has 0 fully saturated rings. The van der Waals surface area contributed by atoms with Gasteiger partial charge in [0.05, 0.1) is 7.11 Å². The Morgan fingerprint density at radius 2 is 2.05 bits per heavy atom. The number of hydrogen-bond acceptors (Lipinski definition) is 3. The third-order valence-corrected chi connectivity index (χ3v) is 3.04. The van der Waals surface area contributed by atoms with Gasteiger partial charge in [0.1, 0.15) is 11.3 Å². The van der Waals surface area contributed by atoms with E-state index in [1.807, 2.05) is 0 Å². The van der Waals surface area contributed by atoms with E-state index in [1.165, 1.54) is 21.0 Å². The van der Waals surface area contributed by atoms with Gasteiger partial charge < -0.3 is 20.5 Å². The van der Waals surface area contributed by atoms with Crippen LogP contribution >= 0.6 is 11.6 Å². The summed E-state index contributed by atoms with van der Waals surface area (Å²) in [6.07, 6.45) is 0. The fourth-order valence-corrected chi connectivity index (χ4v) is 1.68. The molecular weight excluding hydrogens is 284 g/mol. The van der Waals surface area contributed by atoms with Gasteiger partial charge in [-0.2, -0.15) is 0 Å². The van der Waals surface area contributed by atoms with Crippen LogP contribution in [0.15, 0.2) is 18.2 Å². The second-order valence-corrected chi connectivity index (χ2v) is 5.07. The Balaban J connectivity index is 2.69. The Labute approximate surface area is 122 Å². The van der Waals surface area contributed by atoms with Gasteiger partial charge in [0.2, 0.25) is 0 Å². The number of amides is 2. The highest BCUT2D eigenvalue weighted by atomic mass is 35.5. The number of carboxylic acids is 1. The predicted octanol–water partition coefficient (Wildman–Crippen LogP) is 2.01. The number of nitrogens with one attached hydrogen (secondary N) is 2. The molecule has 0 saturated carbocycles. The van der Waals surface area contributed by atoms with E-state index in [9.17, 15) is 9.59 Å². The molecule has 0 radical (unpaired) electrons. The number of benzene rings is 1. The van der Waals surface area contributed by atoms with Gasteiger partial charge in [-0.3, -0.25) is 0 Å². The Morgan fingerprint density at radius 1 is 1.40 bits per heavy atom. The Kier molecular flexibility index (Phi) is 5.21. The van der Waals surface area contributed by atoms with E-state index < -0.39 is 17.5 Å². The third-order valence-electron chi connectivity index (χ3n) is 2.68. The monoisotopic (exact) mass is 300 g/mol. The van der Waals surface area contributed by atoms with Crippen molar-refractivity contribution in [3.8, 4) is 5.75 Å². The number of rotatable bonds is 5. The topological polar surface area (TPSA) is 87.7 Å². The molecule has 0 atom stereocenters. The second kappa shape index (κ2) is 6.47. The number of urea groups is 1. The Bertz CT molecular complexity index is 517. The first-order valence-electron chi connectivity index (χ1n) is 5.88. The van der Waals surface area contributed by atoms with E-state index in [4.69, 9.17) is 21.4 Å². The molecule has 0 aliphatic heterocycles. The summed E-state index contributed by atoms with van der Waals surface area (Å²) in [6.45, 7) is 2.92. The minimum Gasteiger partial charge on any atom is -0.496 e. The van der Waals surface area contributed by atoms with Crippen LogP contribution in [0.5, 0.6) is 5.75 Å². The van der Waals surface area contributed by atoms with Crippen molar-refractivity contribution in [2.24, 2.45) is 0 Å². The second-order valence-electron chi connectivity index (χ2n) is 4.66. The highest BCUT2D eigenvalue weighted by Crippen LogP contribution is 2.25. The van der Waals surface area contributed by atoms with Gasteiger partial charge in [-0.05, 0) is 26.0 Å². The average Bonchev–Trinajstić information content (AvgIpc) is 2.36. The zero-order chi connectivity index (χ0) is 15.3. The van der Waals surface area contributed by atoms with Gasteiger partial charge in [0.15, 0.2) is 0 Å². The van der Waals surface area contributed by atoms with Crippen LogP contribution in [-0.4, -0.2) is 29.8 Å². The van der Waals surface area contributed by atoms with Gasteiger partial charge in [-0.15, -0.1) is 0 Å². The molecule has 3 N–H and O–H groups in total. The first kappa shape index (κ1) is 16.1. The van der Waals surface area contributed by atoms with Crippen LogP contribution in [-0.2, 0) is 11.3 Å². The van der Waals surface area contributed by atoms with E-state index in [1.54, 1.807) is 18.2 Å². The molecular formula is C13H17ClN2O4. The minimum atomic E-state index is -1.35. The summed E-state index contributed by atoms with van der Waals surface area (Å²) < 4.78 is 5.15. The molecule has 110 valence electrons. The number of carbonyl (C=O) groups excluding carboxylic acids is 1. The molecule has 0 aliphatic rings. The van der Waals surface area contributed by atoms with E-state index >= 15 is 0 Å². The van der Waals surface area contributed by atoms with Crippen LogP contribution in [0, 0.1) is 0 Å². The van der Waals surface area contributed by atoms with E-state index in [2.05, 4.69) is 10.6 Å². The molecule has 0 heterocycles. The van der Waals surface area contributed by atoms with Crippen molar-refractivity contribution in [3.05, 3.63) is 28.8 Å². The molecule has 7 heteroatoms. The maximum Gasteiger partial charge on any atom is 0.328 e. The molecule has 1 aromatic carbocycles. The normalized spacial score (nSPS) is 10.8. The lowest BCUT2D eigenvalue weighted by atomic mass is 10.1. The number of methoxy groups -OCH3 is 1. The first-order chi connectivity index (χ1) is 9.27. The zero-order valence-electron chi connectivity index (χ0n) is 11.5. The van der Waals surface area contributed by atoms with Gasteiger partial charge in [0, 0.05) is 17.1 Å². The first-order valence-corrected chi connectivity index (χ1v) is 6.26. The molecule has 0 aromatic heterocycles. The van der Waals surface area contributed by atoms with Gasteiger partial charge in [-0.25, -0.2) is 9.59 Å². The standard InChI is InChI=1S/C13H17ClN2O4/c1-13(2,11(17)18)16-12(19)15-7-8-9(14)5-4-6-10(8)20-3/h4-6H,7H2,1-3H3,(H,17,18)(H2,15,16,19). The van der Waals surface area contributed by atoms with Crippen molar-refractivity contribution in [2.75, 3.05) is 7.11 Å². The predicted molar refractivity (Wildman–Crippen MR) is 75.1 cm³/mol. The molecule has 0 spiro atoms. The van der Waals surface area contributed by atoms with Crippen LogP contribution in [0.1, 0.15) is 19.4 Å². The summed E-state index contributed by atoms with van der Waals surface area (Å²) >= 11 is 6.03. The molecule has 6 nitrogen and oxygen atoms in total. The molecule has 1 aromatic rings. The largest absolute Gasteiger partial charge is 0.496 e.